The first-order chi connectivity index (χ1) is 7.83. The molecule has 0 saturated heterocycles. The van der Waals surface area contributed by atoms with Crippen molar-refractivity contribution in [2.45, 2.75) is 45.1 Å². The van der Waals surface area contributed by atoms with Crippen molar-refractivity contribution in [1.82, 2.24) is 5.32 Å². The summed E-state index contributed by atoms with van der Waals surface area (Å²) < 4.78 is 10.9. The average molecular weight is 229 g/mol. The van der Waals surface area contributed by atoms with Crippen molar-refractivity contribution in [1.29, 1.82) is 0 Å². The topological polar surface area (TPSA) is 30.5 Å². The predicted octanol–water partition coefficient (Wildman–Crippen LogP) is 2.21. The number of ether oxygens (including phenoxy) is 2. The predicted molar refractivity (Wildman–Crippen MR) is 66.7 cm³/mol. The lowest BCUT2D eigenvalue weighted by Gasteiger charge is -2.26. The summed E-state index contributed by atoms with van der Waals surface area (Å²) in [5.74, 6) is 0.860. The number of rotatable bonds is 8. The van der Waals surface area contributed by atoms with Gasteiger partial charge in [0.1, 0.15) is 0 Å². The summed E-state index contributed by atoms with van der Waals surface area (Å²) in [6.45, 7) is 6.00. The maximum absolute atomic E-state index is 5.89. The second-order valence-corrected chi connectivity index (χ2v) is 4.86. The van der Waals surface area contributed by atoms with Crippen LogP contribution < -0.4 is 5.32 Å². The number of hydrogen-bond donors (Lipinski definition) is 1. The Kier molecular flexibility index (Phi) is 7.81. The molecule has 3 heteroatoms. The van der Waals surface area contributed by atoms with Crippen molar-refractivity contribution in [3.63, 3.8) is 0 Å². The Morgan fingerprint density at radius 1 is 1.19 bits per heavy atom. The Labute approximate surface area is 99.9 Å². The van der Waals surface area contributed by atoms with Crippen molar-refractivity contribution in [2.75, 3.05) is 33.4 Å². The van der Waals surface area contributed by atoms with E-state index in [1.807, 2.05) is 0 Å². The first-order valence-corrected chi connectivity index (χ1v) is 6.64. The maximum atomic E-state index is 5.89. The summed E-state index contributed by atoms with van der Waals surface area (Å²) >= 11 is 0. The van der Waals surface area contributed by atoms with E-state index in [-0.39, 0.29) is 0 Å². The first kappa shape index (κ1) is 13.9. The number of methoxy groups -OCH3 is 1. The Morgan fingerprint density at radius 3 is 2.81 bits per heavy atom. The second-order valence-electron chi connectivity index (χ2n) is 4.86. The molecule has 0 aromatic carbocycles. The molecule has 1 saturated carbocycles. The molecule has 0 aromatic rings. The summed E-state index contributed by atoms with van der Waals surface area (Å²) in [6, 6.07) is 0. The minimum Gasteiger partial charge on any atom is -0.383 e. The van der Waals surface area contributed by atoms with Gasteiger partial charge in [0.2, 0.25) is 0 Å². The molecule has 0 heterocycles. The first-order valence-electron chi connectivity index (χ1n) is 6.64. The molecule has 0 spiro atoms. The van der Waals surface area contributed by atoms with Crippen LogP contribution in [-0.4, -0.2) is 39.5 Å². The van der Waals surface area contributed by atoms with Crippen LogP contribution in [0.4, 0.5) is 0 Å². The molecule has 3 nitrogen and oxygen atoms in total. The molecule has 0 aliphatic heterocycles. The van der Waals surface area contributed by atoms with Gasteiger partial charge in [-0.1, -0.05) is 19.8 Å². The molecule has 1 aliphatic carbocycles. The van der Waals surface area contributed by atoms with Gasteiger partial charge in [0.25, 0.3) is 0 Å². The Balaban J connectivity index is 1.86. The molecule has 0 aromatic heterocycles. The molecular weight excluding hydrogens is 202 g/mol. The molecule has 0 amide bonds. The minimum atomic E-state index is 0.530. The van der Waals surface area contributed by atoms with Gasteiger partial charge in [0.15, 0.2) is 0 Å². The summed E-state index contributed by atoms with van der Waals surface area (Å²) in [4.78, 5) is 0. The Bertz CT molecular complexity index is 164. The average Bonchev–Trinajstić information content (AvgIpc) is 2.28. The van der Waals surface area contributed by atoms with E-state index in [0.717, 1.165) is 38.6 Å². The fraction of sp³-hybridized carbons (Fsp3) is 1.00. The van der Waals surface area contributed by atoms with Crippen molar-refractivity contribution >= 4 is 0 Å². The van der Waals surface area contributed by atoms with Crippen LogP contribution >= 0.6 is 0 Å². The van der Waals surface area contributed by atoms with Gasteiger partial charge in [-0.15, -0.1) is 0 Å². The van der Waals surface area contributed by atoms with Gasteiger partial charge in [-0.05, 0) is 31.7 Å². The zero-order chi connectivity index (χ0) is 11.6. The lowest BCUT2D eigenvalue weighted by Crippen LogP contribution is -2.24. The molecule has 1 N–H and O–H groups in total. The van der Waals surface area contributed by atoms with Gasteiger partial charge in [-0.2, -0.15) is 0 Å². The minimum absolute atomic E-state index is 0.530. The third-order valence-electron chi connectivity index (χ3n) is 3.22. The van der Waals surface area contributed by atoms with Crippen LogP contribution in [0.15, 0.2) is 0 Å². The molecule has 16 heavy (non-hydrogen) atoms. The molecule has 1 aliphatic rings. The summed E-state index contributed by atoms with van der Waals surface area (Å²) in [5.41, 5.74) is 0. The van der Waals surface area contributed by atoms with Crippen molar-refractivity contribution < 1.29 is 9.47 Å². The zero-order valence-corrected chi connectivity index (χ0v) is 10.8. The maximum Gasteiger partial charge on any atom is 0.0587 e. The third kappa shape index (κ3) is 6.46. The zero-order valence-electron chi connectivity index (χ0n) is 10.8. The molecule has 0 bridgehead atoms. The van der Waals surface area contributed by atoms with Gasteiger partial charge in [-0.3, -0.25) is 0 Å². The van der Waals surface area contributed by atoms with Crippen molar-refractivity contribution in [3.05, 3.63) is 0 Å². The summed E-state index contributed by atoms with van der Waals surface area (Å²) in [6.07, 6.45) is 6.89. The van der Waals surface area contributed by atoms with Gasteiger partial charge >= 0.3 is 0 Å². The lowest BCUT2D eigenvalue weighted by atomic mass is 9.89. The molecule has 2 unspecified atom stereocenters. The molecule has 2 atom stereocenters. The SMILES string of the molecule is COCCNCCCOC1CCCC(C)C1. The molecular formula is C13H27NO2. The van der Waals surface area contributed by atoms with Crippen LogP contribution in [0.3, 0.4) is 0 Å². The fourth-order valence-electron chi connectivity index (χ4n) is 2.28. The van der Waals surface area contributed by atoms with E-state index in [2.05, 4.69) is 12.2 Å². The van der Waals surface area contributed by atoms with Gasteiger partial charge in [0.05, 0.1) is 12.7 Å². The Morgan fingerprint density at radius 2 is 2.06 bits per heavy atom. The van der Waals surface area contributed by atoms with E-state index in [1.165, 1.54) is 25.7 Å². The van der Waals surface area contributed by atoms with Crippen LogP contribution in [0.25, 0.3) is 0 Å². The molecule has 0 radical (unpaired) electrons. The highest BCUT2D eigenvalue weighted by Crippen LogP contribution is 2.25. The van der Waals surface area contributed by atoms with Gasteiger partial charge < -0.3 is 14.8 Å². The van der Waals surface area contributed by atoms with E-state index < -0.39 is 0 Å². The molecule has 96 valence electrons. The quantitative estimate of drug-likeness (QED) is 0.647. The van der Waals surface area contributed by atoms with Crippen LogP contribution in [0.2, 0.25) is 0 Å². The van der Waals surface area contributed by atoms with Crippen LogP contribution in [-0.2, 0) is 9.47 Å². The second kappa shape index (κ2) is 8.97. The largest absolute Gasteiger partial charge is 0.383 e. The van der Waals surface area contributed by atoms with Crippen molar-refractivity contribution in [2.24, 2.45) is 5.92 Å². The molecule has 1 rings (SSSR count). The van der Waals surface area contributed by atoms with E-state index in [1.54, 1.807) is 7.11 Å². The number of hydrogen-bond acceptors (Lipinski definition) is 3. The van der Waals surface area contributed by atoms with Crippen LogP contribution in [0.1, 0.15) is 39.0 Å². The smallest absolute Gasteiger partial charge is 0.0587 e. The molecule has 1 fully saturated rings. The van der Waals surface area contributed by atoms with Gasteiger partial charge in [0, 0.05) is 20.3 Å². The monoisotopic (exact) mass is 229 g/mol. The summed E-state index contributed by atoms with van der Waals surface area (Å²) in [7, 11) is 1.73. The normalized spacial score (nSPS) is 25.9. The third-order valence-corrected chi connectivity index (χ3v) is 3.22. The standard InChI is InChI=1S/C13H27NO2/c1-12-5-3-6-13(11-12)16-9-4-7-14-8-10-15-2/h12-14H,3-11H2,1-2H3. The highest BCUT2D eigenvalue weighted by molar-refractivity contribution is 4.70. The van der Waals surface area contributed by atoms with E-state index in [9.17, 15) is 0 Å². The highest BCUT2D eigenvalue weighted by Gasteiger charge is 2.18. The van der Waals surface area contributed by atoms with E-state index in [0.29, 0.717) is 6.10 Å². The van der Waals surface area contributed by atoms with Crippen molar-refractivity contribution in [3.8, 4) is 0 Å². The van der Waals surface area contributed by atoms with Gasteiger partial charge in [-0.25, -0.2) is 0 Å². The summed E-state index contributed by atoms with van der Waals surface area (Å²) in [5, 5.41) is 3.33. The highest BCUT2D eigenvalue weighted by atomic mass is 16.5. The fourth-order valence-corrected chi connectivity index (χ4v) is 2.28. The Hall–Kier alpha value is -0.120. The van der Waals surface area contributed by atoms with E-state index in [4.69, 9.17) is 9.47 Å². The lowest BCUT2D eigenvalue weighted by molar-refractivity contribution is 0.0145. The van der Waals surface area contributed by atoms with Crippen LogP contribution in [0.5, 0.6) is 0 Å². The van der Waals surface area contributed by atoms with Crippen LogP contribution in [0, 0.1) is 5.92 Å². The number of nitrogens with one attached hydrogen (secondary N) is 1. The van der Waals surface area contributed by atoms with E-state index >= 15 is 0 Å².